The maximum absolute atomic E-state index is 13.3. The third-order valence-corrected chi connectivity index (χ3v) is 8.27. The standard InChI is InChI=1S/C30H31ClN2O6S/c1-20-5-12-26(13-6-20)40(37,38)33-29-23(4-2-3-15-32-30(29)36)18-24-16-22(17-28(34)35)9-14-27(24)39-19-21-7-10-25(31)11-8-21/h2,4-14,16,23,29,33H,3,15,17-19H2,1H3,(H,32,36)(H,34,35)/b4-2-/t23?,29-/m0/s1. The van der Waals surface area contributed by atoms with E-state index in [-0.39, 0.29) is 24.3 Å². The van der Waals surface area contributed by atoms with E-state index in [2.05, 4.69) is 10.0 Å². The molecule has 3 aromatic carbocycles. The van der Waals surface area contributed by atoms with Gasteiger partial charge in [0.1, 0.15) is 18.4 Å². The molecular weight excluding hydrogens is 552 g/mol. The number of hydrogen-bond acceptors (Lipinski definition) is 5. The molecule has 1 aliphatic heterocycles. The summed E-state index contributed by atoms with van der Waals surface area (Å²) in [5, 5.41) is 12.7. The third-order valence-electron chi connectivity index (χ3n) is 6.56. The van der Waals surface area contributed by atoms with Crippen molar-refractivity contribution in [2.75, 3.05) is 6.54 Å². The van der Waals surface area contributed by atoms with Crippen molar-refractivity contribution < 1.29 is 27.9 Å². The van der Waals surface area contributed by atoms with Crippen LogP contribution in [0, 0.1) is 12.8 Å². The Morgan fingerprint density at radius 1 is 1.07 bits per heavy atom. The summed E-state index contributed by atoms with van der Waals surface area (Å²) in [5.41, 5.74) is 3.03. The van der Waals surface area contributed by atoms with Crippen LogP contribution in [0.1, 0.15) is 28.7 Å². The van der Waals surface area contributed by atoms with Gasteiger partial charge in [-0.3, -0.25) is 9.59 Å². The van der Waals surface area contributed by atoms with Crippen LogP contribution in [-0.2, 0) is 39.1 Å². The van der Waals surface area contributed by atoms with E-state index >= 15 is 0 Å². The molecule has 8 nitrogen and oxygen atoms in total. The van der Waals surface area contributed by atoms with E-state index in [1.165, 1.54) is 12.1 Å². The molecule has 0 saturated carbocycles. The molecule has 1 unspecified atom stereocenters. The average Bonchev–Trinajstić information content (AvgIpc) is 2.90. The predicted molar refractivity (Wildman–Crippen MR) is 153 cm³/mol. The Balaban J connectivity index is 1.65. The van der Waals surface area contributed by atoms with Crippen molar-refractivity contribution in [3.8, 4) is 5.75 Å². The molecule has 3 aromatic rings. The van der Waals surface area contributed by atoms with Crippen molar-refractivity contribution in [1.29, 1.82) is 0 Å². The van der Waals surface area contributed by atoms with Gasteiger partial charge in [0.15, 0.2) is 0 Å². The molecule has 4 rings (SSSR count). The lowest BCUT2D eigenvalue weighted by atomic mass is 9.89. The van der Waals surface area contributed by atoms with Crippen LogP contribution in [0.15, 0.2) is 83.8 Å². The minimum atomic E-state index is -4.01. The van der Waals surface area contributed by atoms with Crippen LogP contribution < -0.4 is 14.8 Å². The second-order valence-electron chi connectivity index (χ2n) is 9.72. The van der Waals surface area contributed by atoms with Crippen LogP contribution in [0.25, 0.3) is 0 Å². The molecule has 1 heterocycles. The van der Waals surface area contributed by atoms with Crippen molar-refractivity contribution in [3.63, 3.8) is 0 Å². The Kier molecular flexibility index (Phi) is 9.63. The summed E-state index contributed by atoms with van der Waals surface area (Å²) >= 11 is 5.99. The number of carbonyl (C=O) groups is 2. The van der Waals surface area contributed by atoms with Gasteiger partial charge in [0.25, 0.3) is 0 Å². The van der Waals surface area contributed by atoms with Gasteiger partial charge in [-0.05, 0) is 66.8 Å². The highest BCUT2D eigenvalue weighted by atomic mass is 35.5. The maximum Gasteiger partial charge on any atom is 0.307 e. The Morgan fingerprint density at radius 2 is 1.77 bits per heavy atom. The highest BCUT2D eigenvalue weighted by molar-refractivity contribution is 7.89. The second-order valence-corrected chi connectivity index (χ2v) is 11.9. The Morgan fingerprint density at radius 3 is 2.48 bits per heavy atom. The zero-order valence-electron chi connectivity index (χ0n) is 22.0. The average molecular weight is 583 g/mol. The Labute approximate surface area is 239 Å². The molecule has 0 bridgehead atoms. The molecule has 0 radical (unpaired) electrons. The Bertz CT molecular complexity index is 1490. The quantitative estimate of drug-likeness (QED) is 0.304. The van der Waals surface area contributed by atoms with Gasteiger partial charge in [0.2, 0.25) is 15.9 Å². The summed E-state index contributed by atoms with van der Waals surface area (Å²) in [5.74, 6) is -1.47. The van der Waals surface area contributed by atoms with Gasteiger partial charge in [-0.2, -0.15) is 4.72 Å². The number of benzene rings is 3. The normalized spacial score (nSPS) is 18.3. The minimum absolute atomic E-state index is 0.0612. The van der Waals surface area contributed by atoms with E-state index in [1.54, 1.807) is 42.5 Å². The number of sulfonamides is 1. The fraction of sp³-hybridized carbons (Fsp3) is 0.267. The van der Waals surface area contributed by atoms with Crippen molar-refractivity contribution in [2.45, 2.75) is 43.7 Å². The number of aryl methyl sites for hydroxylation is 1. The van der Waals surface area contributed by atoms with E-state index in [1.807, 2.05) is 31.2 Å². The molecule has 3 N–H and O–H groups in total. The van der Waals surface area contributed by atoms with E-state index < -0.39 is 33.9 Å². The summed E-state index contributed by atoms with van der Waals surface area (Å²) in [6.45, 7) is 2.49. The fourth-order valence-electron chi connectivity index (χ4n) is 4.46. The van der Waals surface area contributed by atoms with Crippen molar-refractivity contribution in [1.82, 2.24) is 10.0 Å². The van der Waals surface area contributed by atoms with Gasteiger partial charge < -0.3 is 15.2 Å². The SMILES string of the molecule is Cc1ccc(S(=O)(=O)N[C@@H]2C(=O)NCC/C=C\C2Cc2cc(CC(=O)O)ccc2OCc2ccc(Cl)cc2)cc1. The molecule has 0 aliphatic carbocycles. The molecule has 0 fully saturated rings. The third kappa shape index (κ3) is 7.94. The predicted octanol–water partition coefficient (Wildman–Crippen LogP) is 4.44. The zero-order chi connectivity index (χ0) is 28.7. The van der Waals surface area contributed by atoms with Crippen LogP contribution >= 0.6 is 11.6 Å². The monoisotopic (exact) mass is 582 g/mol. The number of hydrogen-bond donors (Lipinski definition) is 3. The second kappa shape index (κ2) is 13.1. The van der Waals surface area contributed by atoms with E-state index in [0.29, 0.717) is 34.9 Å². The van der Waals surface area contributed by atoms with E-state index in [0.717, 1.165) is 11.1 Å². The van der Waals surface area contributed by atoms with Gasteiger partial charge in [-0.1, -0.05) is 65.7 Å². The number of ether oxygens (including phenoxy) is 1. The van der Waals surface area contributed by atoms with Gasteiger partial charge in [-0.25, -0.2) is 8.42 Å². The number of halogens is 1. The lowest BCUT2D eigenvalue weighted by Crippen LogP contribution is -2.51. The van der Waals surface area contributed by atoms with Crippen LogP contribution in [0.5, 0.6) is 5.75 Å². The van der Waals surface area contributed by atoms with Gasteiger partial charge in [0.05, 0.1) is 11.3 Å². The van der Waals surface area contributed by atoms with Crippen molar-refractivity contribution >= 4 is 33.5 Å². The smallest absolute Gasteiger partial charge is 0.307 e. The summed E-state index contributed by atoms with van der Waals surface area (Å²) < 4.78 is 35.2. The minimum Gasteiger partial charge on any atom is -0.489 e. The number of carbonyl (C=O) groups excluding carboxylic acids is 1. The highest BCUT2D eigenvalue weighted by Gasteiger charge is 2.33. The molecule has 2 atom stereocenters. The number of carboxylic acid groups (broad SMARTS) is 1. The lowest BCUT2D eigenvalue weighted by molar-refractivity contribution is -0.136. The van der Waals surface area contributed by atoms with Crippen LogP contribution in [-0.4, -0.2) is 38.0 Å². The molecular formula is C30H31ClN2O6S. The highest BCUT2D eigenvalue weighted by Crippen LogP contribution is 2.28. The molecule has 0 saturated heterocycles. The summed E-state index contributed by atoms with van der Waals surface area (Å²) in [6, 6.07) is 17.6. The summed E-state index contributed by atoms with van der Waals surface area (Å²) in [7, 11) is -4.01. The molecule has 1 aliphatic rings. The van der Waals surface area contributed by atoms with Crippen LogP contribution in [0.4, 0.5) is 0 Å². The molecule has 10 heteroatoms. The maximum atomic E-state index is 13.3. The van der Waals surface area contributed by atoms with E-state index in [9.17, 15) is 23.1 Å². The van der Waals surface area contributed by atoms with Crippen LogP contribution in [0.2, 0.25) is 5.02 Å². The Hall–Kier alpha value is -3.66. The molecule has 0 aromatic heterocycles. The lowest BCUT2D eigenvalue weighted by Gasteiger charge is -2.27. The van der Waals surface area contributed by atoms with Crippen LogP contribution in [0.3, 0.4) is 0 Å². The van der Waals surface area contributed by atoms with Gasteiger partial charge in [0, 0.05) is 17.5 Å². The summed E-state index contributed by atoms with van der Waals surface area (Å²) in [6.07, 6.45) is 4.39. The molecule has 0 spiro atoms. The number of carboxylic acids is 1. The van der Waals surface area contributed by atoms with Gasteiger partial charge in [-0.15, -0.1) is 0 Å². The number of amides is 1. The first-order valence-corrected chi connectivity index (χ1v) is 14.7. The first-order chi connectivity index (χ1) is 19.1. The number of rotatable bonds is 10. The number of aliphatic carboxylic acids is 1. The van der Waals surface area contributed by atoms with Crippen molar-refractivity contribution in [3.05, 3.63) is 106 Å². The first kappa shape index (κ1) is 29.3. The fourth-order valence-corrected chi connectivity index (χ4v) is 5.83. The van der Waals surface area contributed by atoms with Crippen molar-refractivity contribution in [2.24, 2.45) is 5.92 Å². The molecule has 1 amide bonds. The van der Waals surface area contributed by atoms with Gasteiger partial charge >= 0.3 is 5.97 Å². The first-order valence-electron chi connectivity index (χ1n) is 12.8. The summed E-state index contributed by atoms with van der Waals surface area (Å²) in [4.78, 5) is 24.6. The molecule has 210 valence electrons. The number of nitrogens with one attached hydrogen (secondary N) is 2. The topological polar surface area (TPSA) is 122 Å². The largest absolute Gasteiger partial charge is 0.489 e. The molecule has 40 heavy (non-hydrogen) atoms. The zero-order valence-corrected chi connectivity index (χ0v) is 23.5. The van der Waals surface area contributed by atoms with E-state index in [4.69, 9.17) is 16.3 Å².